The molecule has 5 rings (SSSR count). The van der Waals surface area contributed by atoms with E-state index in [-0.39, 0.29) is 23.2 Å². The Kier molecular flexibility index (Phi) is 6.08. The molecule has 0 saturated heterocycles. The first kappa shape index (κ1) is 23.1. The van der Waals surface area contributed by atoms with Crippen LogP contribution in [0.1, 0.15) is 47.2 Å². The number of hydrogen-bond acceptors (Lipinski definition) is 3. The van der Waals surface area contributed by atoms with E-state index in [9.17, 15) is 22.8 Å². The Morgan fingerprint density at radius 2 is 1.86 bits per heavy atom. The lowest BCUT2D eigenvalue weighted by Crippen LogP contribution is -2.46. The molecule has 1 saturated carbocycles. The van der Waals surface area contributed by atoms with E-state index in [1.54, 1.807) is 17.0 Å². The van der Waals surface area contributed by atoms with Gasteiger partial charge in [0.2, 0.25) is 5.91 Å². The number of rotatable bonds is 6. The first-order chi connectivity index (χ1) is 16.9. The van der Waals surface area contributed by atoms with E-state index in [1.165, 1.54) is 24.5 Å². The van der Waals surface area contributed by atoms with Gasteiger partial charge in [0.1, 0.15) is 12.4 Å². The molecule has 2 aliphatic rings. The summed E-state index contributed by atoms with van der Waals surface area (Å²) in [7, 11) is 0. The summed E-state index contributed by atoms with van der Waals surface area (Å²) in [5, 5.41) is 6.80. The molecule has 1 N–H and O–H groups in total. The molecule has 1 fully saturated rings. The molecule has 0 unspecified atom stereocenters. The Balaban J connectivity index is 1.38. The second-order valence-electron chi connectivity index (χ2n) is 9.14. The predicted molar refractivity (Wildman–Crippen MR) is 125 cm³/mol. The van der Waals surface area contributed by atoms with Gasteiger partial charge < -0.3 is 10.2 Å². The van der Waals surface area contributed by atoms with Crippen molar-refractivity contribution in [3.63, 3.8) is 0 Å². The number of alkyl halides is 2. The number of nitrogens with one attached hydrogen (secondary N) is 1. The lowest BCUT2D eigenvalue weighted by Gasteiger charge is -2.41. The van der Waals surface area contributed by atoms with E-state index in [0.29, 0.717) is 25.1 Å². The number of carbonyl (C=O) groups excluding carboxylic acids is 2. The molecule has 3 aromatic rings. The normalized spacial score (nSPS) is 16.5. The highest BCUT2D eigenvalue weighted by Crippen LogP contribution is 2.46. The number of aryl methyl sites for hydroxylation is 1. The van der Waals surface area contributed by atoms with Crippen LogP contribution in [0.2, 0.25) is 0 Å². The van der Waals surface area contributed by atoms with Crippen molar-refractivity contribution in [3.8, 4) is 0 Å². The Bertz CT molecular complexity index is 1250. The minimum Gasteiger partial charge on any atom is -0.325 e. The van der Waals surface area contributed by atoms with Crippen LogP contribution in [-0.2, 0) is 23.2 Å². The maximum Gasteiger partial charge on any atom is 0.261 e. The average Bonchev–Trinajstić information content (AvgIpc) is 3.26. The number of aromatic nitrogens is 2. The van der Waals surface area contributed by atoms with Crippen LogP contribution in [0.3, 0.4) is 0 Å². The monoisotopic (exact) mass is 482 g/mol. The first-order valence-electron chi connectivity index (χ1n) is 11.7. The van der Waals surface area contributed by atoms with Crippen molar-refractivity contribution in [3.05, 3.63) is 77.4 Å². The number of hydrogen-bond donors (Lipinski definition) is 1. The van der Waals surface area contributed by atoms with Gasteiger partial charge in [0.05, 0.1) is 17.2 Å². The maximum absolute atomic E-state index is 13.3. The smallest absolute Gasteiger partial charge is 0.261 e. The molecule has 182 valence electrons. The van der Waals surface area contributed by atoms with Crippen molar-refractivity contribution in [1.82, 2.24) is 9.78 Å². The minimum absolute atomic E-state index is 0.120. The lowest BCUT2D eigenvalue weighted by molar-refractivity contribution is -0.124. The number of amides is 2. The van der Waals surface area contributed by atoms with Crippen molar-refractivity contribution in [2.24, 2.45) is 0 Å². The summed E-state index contributed by atoms with van der Waals surface area (Å²) < 4.78 is 39.6. The molecule has 6 nitrogen and oxygen atoms in total. The molecule has 2 amide bonds. The molecule has 1 aliphatic heterocycles. The molecule has 2 aromatic carbocycles. The Morgan fingerprint density at radius 3 is 2.54 bits per heavy atom. The van der Waals surface area contributed by atoms with Crippen LogP contribution in [0.15, 0.2) is 54.9 Å². The predicted octanol–water partition coefficient (Wildman–Crippen LogP) is 4.94. The van der Waals surface area contributed by atoms with Crippen molar-refractivity contribution in [1.29, 1.82) is 0 Å². The largest absolute Gasteiger partial charge is 0.325 e. The van der Waals surface area contributed by atoms with Gasteiger partial charge in [0.25, 0.3) is 12.3 Å². The topological polar surface area (TPSA) is 67.2 Å². The zero-order chi connectivity index (χ0) is 24.6. The lowest BCUT2D eigenvalue weighted by atomic mass is 9.63. The van der Waals surface area contributed by atoms with E-state index in [2.05, 4.69) is 10.4 Å². The summed E-state index contributed by atoms with van der Waals surface area (Å²) in [5.74, 6) is -0.770. The van der Waals surface area contributed by atoms with Crippen molar-refractivity contribution >= 4 is 23.2 Å². The van der Waals surface area contributed by atoms with Crippen LogP contribution in [0.25, 0.3) is 0 Å². The Hall–Kier alpha value is -3.62. The van der Waals surface area contributed by atoms with Gasteiger partial charge in [-0.3, -0.25) is 14.3 Å². The summed E-state index contributed by atoms with van der Waals surface area (Å²) >= 11 is 0. The zero-order valence-electron chi connectivity index (χ0n) is 19.0. The number of carbonyl (C=O) groups is 2. The summed E-state index contributed by atoms with van der Waals surface area (Å²) in [6.07, 6.45) is 3.99. The van der Waals surface area contributed by atoms with Gasteiger partial charge in [-0.2, -0.15) is 5.10 Å². The second-order valence-corrected chi connectivity index (χ2v) is 9.14. The number of halogens is 3. The number of nitrogens with zero attached hydrogens (tertiary/aromatic N) is 3. The highest BCUT2D eigenvalue weighted by molar-refractivity contribution is 6.06. The number of benzene rings is 2. The highest BCUT2D eigenvalue weighted by Gasteiger charge is 2.46. The molecule has 0 spiro atoms. The molecule has 1 aromatic heterocycles. The van der Waals surface area contributed by atoms with Crippen molar-refractivity contribution < 1.29 is 22.8 Å². The first-order valence-corrected chi connectivity index (χ1v) is 11.7. The van der Waals surface area contributed by atoms with Crippen LogP contribution in [0, 0.1) is 5.82 Å². The molecule has 0 atom stereocenters. The summed E-state index contributed by atoms with van der Waals surface area (Å²) in [6.45, 7) is -0.0449. The van der Waals surface area contributed by atoms with Crippen LogP contribution in [0.4, 0.5) is 24.5 Å². The molecule has 35 heavy (non-hydrogen) atoms. The maximum atomic E-state index is 13.3. The molecular formula is C26H25F3N4O2. The fourth-order valence-corrected chi connectivity index (χ4v) is 4.94. The van der Waals surface area contributed by atoms with Crippen LogP contribution >= 0.6 is 0 Å². The van der Waals surface area contributed by atoms with Gasteiger partial charge in [0.15, 0.2) is 0 Å². The van der Waals surface area contributed by atoms with Crippen LogP contribution in [0.5, 0.6) is 0 Å². The van der Waals surface area contributed by atoms with E-state index < -0.39 is 18.4 Å². The number of fused-ring (bicyclic) bond motifs is 1. The summed E-state index contributed by atoms with van der Waals surface area (Å²) in [4.78, 5) is 28.1. The van der Waals surface area contributed by atoms with Crippen molar-refractivity contribution in [2.45, 2.75) is 50.5 Å². The van der Waals surface area contributed by atoms with E-state index in [1.807, 2.05) is 18.2 Å². The highest BCUT2D eigenvalue weighted by atomic mass is 19.3. The van der Waals surface area contributed by atoms with Crippen LogP contribution in [-0.4, -0.2) is 34.6 Å². The molecule has 9 heteroatoms. The SMILES string of the molecule is O=C(c1cnn(CC(F)F)c1)N1CCCc2cc(C3(C(=O)Nc4ccc(F)cc4)CCC3)ccc21. The van der Waals surface area contributed by atoms with E-state index in [0.717, 1.165) is 40.8 Å². The van der Waals surface area contributed by atoms with Gasteiger partial charge >= 0.3 is 0 Å². The van der Waals surface area contributed by atoms with Gasteiger partial charge in [0, 0.05) is 24.1 Å². The van der Waals surface area contributed by atoms with Gasteiger partial charge in [-0.1, -0.05) is 18.6 Å². The average molecular weight is 483 g/mol. The third kappa shape index (κ3) is 4.42. The zero-order valence-corrected chi connectivity index (χ0v) is 19.0. The Labute approximate surface area is 200 Å². The van der Waals surface area contributed by atoms with Gasteiger partial charge in [-0.25, -0.2) is 13.2 Å². The van der Waals surface area contributed by atoms with Crippen molar-refractivity contribution in [2.75, 3.05) is 16.8 Å². The molecule has 0 bridgehead atoms. The van der Waals surface area contributed by atoms with Crippen LogP contribution < -0.4 is 10.2 Å². The Morgan fingerprint density at radius 1 is 1.09 bits per heavy atom. The molecular weight excluding hydrogens is 457 g/mol. The van der Waals surface area contributed by atoms with Gasteiger partial charge in [-0.15, -0.1) is 0 Å². The minimum atomic E-state index is -2.55. The number of anilines is 2. The standard InChI is InChI=1S/C26H25F3N4O2/c27-20-5-7-21(8-6-20)31-25(35)26(10-2-11-26)19-4-9-22-17(13-19)3-1-12-33(22)24(34)18-14-30-32(15-18)16-23(28)29/h4-9,13-15,23H,1-3,10-12,16H2,(H,31,35). The quantitative estimate of drug-likeness (QED) is 0.541. The van der Waals surface area contributed by atoms with E-state index in [4.69, 9.17) is 0 Å². The fraction of sp³-hybridized carbons (Fsp3) is 0.346. The van der Waals surface area contributed by atoms with E-state index >= 15 is 0 Å². The second kappa shape index (κ2) is 9.20. The summed E-state index contributed by atoms with van der Waals surface area (Å²) in [6, 6.07) is 11.5. The molecule has 2 heterocycles. The third-order valence-corrected chi connectivity index (χ3v) is 6.94. The summed E-state index contributed by atoms with van der Waals surface area (Å²) in [5.41, 5.74) is 2.79. The molecule has 0 radical (unpaired) electrons. The molecule has 1 aliphatic carbocycles. The third-order valence-electron chi connectivity index (χ3n) is 6.94. The van der Waals surface area contributed by atoms with Gasteiger partial charge in [-0.05, 0) is 67.1 Å². The fourth-order valence-electron chi connectivity index (χ4n) is 4.94.